The van der Waals surface area contributed by atoms with Crippen LogP contribution < -0.4 is 14.9 Å². The predicted octanol–water partition coefficient (Wildman–Crippen LogP) is 4.40. The zero-order valence-corrected chi connectivity index (χ0v) is 22.2. The number of rotatable bonds is 8. The van der Waals surface area contributed by atoms with Crippen molar-refractivity contribution in [3.63, 3.8) is 0 Å². The maximum atomic E-state index is 13.8. The van der Waals surface area contributed by atoms with E-state index in [1.54, 1.807) is 29.7 Å². The summed E-state index contributed by atoms with van der Waals surface area (Å²) in [5.41, 5.74) is 3.62. The predicted molar refractivity (Wildman–Crippen MR) is 144 cm³/mol. The van der Waals surface area contributed by atoms with Crippen LogP contribution in [0.25, 0.3) is 6.08 Å². The first kappa shape index (κ1) is 26.3. The number of fused-ring (bicyclic) bond motifs is 1. The average Bonchev–Trinajstić information content (AvgIpc) is 3.18. The molecule has 0 radical (unpaired) electrons. The first-order valence-electron chi connectivity index (χ1n) is 12.4. The number of ether oxygens (including phenoxy) is 1. The number of carboxylic acids is 1. The van der Waals surface area contributed by atoms with Crippen molar-refractivity contribution in [3.8, 4) is 0 Å². The maximum Gasteiger partial charge on any atom is 0.338 e. The van der Waals surface area contributed by atoms with Crippen molar-refractivity contribution in [1.29, 1.82) is 0 Å². The van der Waals surface area contributed by atoms with Crippen LogP contribution in [0.1, 0.15) is 79.5 Å². The van der Waals surface area contributed by atoms with Crippen molar-refractivity contribution in [2.75, 3.05) is 6.61 Å². The van der Waals surface area contributed by atoms with Crippen molar-refractivity contribution < 1.29 is 19.4 Å². The summed E-state index contributed by atoms with van der Waals surface area (Å²) < 4.78 is 7.47. The number of carboxylic acid groups (broad SMARTS) is 1. The van der Waals surface area contributed by atoms with E-state index in [1.165, 1.54) is 23.5 Å². The summed E-state index contributed by atoms with van der Waals surface area (Å²) in [6.07, 6.45) is 3.09. The van der Waals surface area contributed by atoms with Crippen LogP contribution in [0.2, 0.25) is 0 Å². The number of aromatic carboxylic acids is 1. The summed E-state index contributed by atoms with van der Waals surface area (Å²) in [6, 6.07) is 13.7. The Morgan fingerprint density at radius 3 is 2.35 bits per heavy atom. The molecule has 1 aliphatic rings. The fourth-order valence-corrected chi connectivity index (χ4v) is 5.39. The van der Waals surface area contributed by atoms with Gasteiger partial charge in [0.15, 0.2) is 4.80 Å². The number of allylic oxidation sites excluding steroid dienone is 1. The van der Waals surface area contributed by atoms with Gasteiger partial charge in [0.2, 0.25) is 0 Å². The Morgan fingerprint density at radius 2 is 1.78 bits per heavy atom. The Morgan fingerprint density at radius 1 is 1.11 bits per heavy atom. The summed E-state index contributed by atoms with van der Waals surface area (Å²) in [7, 11) is 0. The number of hydrogen-bond acceptors (Lipinski definition) is 6. The molecule has 8 heteroatoms. The van der Waals surface area contributed by atoms with Crippen LogP contribution >= 0.6 is 11.3 Å². The monoisotopic (exact) mass is 518 g/mol. The Bertz CT molecular complexity index is 1530. The fraction of sp³-hybridized carbons (Fsp3) is 0.310. The van der Waals surface area contributed by atoms with E-state index in [-0.39, 0.29) is 17.7 Å². The highest BCUT2D eigenvalue weighted by Gasteiger charge is 2.34. The van der Waals surface area contributed by atoms with E-state index in [0.29, 0.717) is 38.5 Å². The molecule has 1 aromatic heterocycles. The van der Waals surface area contributed by atoms with Crippen LogP contribution in [0.3, 0.4) is 0 Å². The number of carbonyl (C=O) groups excluding carboxylic acids is 1. The van der Waals surface area contributed by atoms with Crippen molar-refractivity contribution >= 4 is 29.4 Å². The van der Waals surface area contributed by atoms with Gasteiger partial charge in [0.05, 0.1) is 34.0 Å². The molecular formula is C29H30N2O5S. The number of nitrogens with zero attached hydrogens (tertiary/aromatic N) is 2. The number of thiazole rings is 1. The lowest BCUT2D eigenvalue weighted by molar-refractivity contribution is -0.139. The van der Waals surface area contributed by atoms with Gasteiger partial charge in [-0.2, -0.15) is 0 Å². The molecule has 2 heterocycles. The van der Waals surface area contributed by atoms with Gasteiger partial charge in [-0.1, -0.05) is 74.9 Å². The van der Waals surface area contributed by atoms with Crippen molar-refractivity contribution in [2.24, 2.45) is 4.99 Å². The van der Waals surface area contributed by atoms with Crippen LogP contribution in [0.5, 0.6) is 0 Å². The van der Waals surface area contributed by atoms with Crippen LogP contribution in [0, 0.1) is 0 Å². The normalized spacial score (nSPS) is 15.5. The standard InChI is InChI=1S/C29H30N2O5S/c1-5-7-22-24(28(35)36-6-2)25(20-14-12-19(13-15-20)17(3)4)31-26(32)23(37-29(31)30-22)16-18-8-10-21(11-9-18)27(33)34/h8-17,25H,5-7H2,1-4H3,(H,33,34)/b23-16-/t25-/m1/s1. The third-order valence-corrected chi connectivity index (χ3v) is 7.25. The molecule has 0 spiro atoms. The Labute approximate surface area is 219 Å². The number of hydrogen-bond donors (Lipinski definition) is 1. The Hall–Kier alpha value is -3.78. The second-order valence-corrected chi connectivity index (χ2v) is 10.2. The van der Waals surface area contributed by atoms with E-state index >= 15 is 0 Å². The molecule has 2 aromatic carbocycles. The molecule has 1 aliphatic heterocycles. The molecule has 0 bridgehead atoms. The largest absolute Gasteiger partial charge is 0.478 e. The topological polar surface area (TPSA) is 98.0 Å². The smallest absolute Gasteiger partial charge is 0.338 e. The molecule has 0 amide bonds. The van der Waals surface area contributed by atoms with Crippen molar-refractivity contribution in [2.45, 2.75) is 52.5 Å². The van der Waals surface area contributed by atoms with Gasteiger partial charge in [0.25, 0.3) is 5.56 Å². The molecule has 1 atom stereocenters. The zero-order valence-electron chi connectivity index (χ0n) is 21.4. The summed E-state index contributed by atoms with van der Waals surface area (Å²) in [4.78, 5) is 43.5. The van der Waals surface area contributed by atoms with Gasteiger partial charge < -0.3 is 9.84 Å². The van der Waals surface area contributed by atoms with E-state index < -0.39 is 18.0 Å². The van der Waals surface area contributed by atoms with E-state index in [0.717, 1.165) is 17.5 Å². The Balaban J connectivity index is 1.94. The minimum Gasteiger partial charge on any atom is -0.478 e. The molecule has 0 aliphatic carbocycles. The van der Waals surface area contributed by atoms with Crippen LogP contribution in [0.15, 0.2) is 69.6 Å². The second kappa shape index (κ2) is 11.1. The average molecular weight is 519 g/mol. The molecular weight excluding hydrogens is 488 g/mol. The molecule has 7 nitrogen and oxygen atoms in total. The number of carbonyl (C=O) groups is 2. The van der Waals surface area contributed by atoms with Crippen LogP contribution in [-0.4, -0.2) is 28.2 Å². The van der Waals surface area contributed by atoms with Gasteiger partial charge in [0, 0.05) is 0 Å². The quantitative estimate of drug-likeness (QED) is 0.446. The molecule has 192 valence electrons. The van der Waals surface area contributed by atoms with Gasteiger partial charge in [-0.15, -0.1) is 0 Å². The highest BCUT2D eigenvalue weighted by Crippen LogP contribution is 2.33. The lowest BCUT2D eigenvalue weighted by Crippen LogP contribution is -2.40. The SMILES string of the molecule is CCCC1=C(C(=O)OCC)[C@@H](c2ccc(C(C)C)cc2)n2c(s/c(=C\c3ccc(C(=O)O)cc3)c2=O)=N1. The summed E-state index contributed by atoms with van der Waals surface area (Å²) >= 11 is 1.26. The highest BCUT2D eigenvalue weighted by molar-refractivity contribution is 7.07. The molecule has 37 heavy (non-hydrogen) atoms. The molecule has 0 saturated carbocycles. The third-order valence-electron chi connectivity index (χ3n) is 6.27. The summed E-state index contributed by atoms with van der Waals surface area (Å²) in [5.74, 6) is -1.13. The highest BCUT2D eigenvalue weighted by atomic mass is 32.1. The third kappa shape index (κ3) is 5.34. The second-order valence-electron chi connectivity index (χ2n) is 9.16. The first-order chi connectivity index (χ1) is 17.7. The number of esters is 1. The molecule has 4 rings (SSSR count). The van der Waals surface area contributed by atoms with Crippen LogP contribution in [-0.2, 0) is 9.53 Å². The zero-order chi connectivity index (χ0) is 26.7. The lowest BCUT2D eigenvalue weighted by Gasteiger charge is -2.26. The Kier molecular flexibility index (Phi) is 7.88. The van der Waals surface area contributed by atoms with Gasteiger partial charge in [0.1, 0.15) is 0 Å². The molecule has 3 aromatic rings. The van der Waals surface area contributed by atoms with Crippen molar-refractivity contribution in [3.05, 3.63) is 102 Å². The van der Waals surface area contributed by atoms with Gasteiger partial charge in [-0.25, -0.2) is 14.6 Å². The molecule has 1 N–H and O–H groups in total. The molecule has 0 unspecified atom stereocenters. The van der Waals surface area contributed by atoms with E-state index in [2.05, 4.69) is 13.8 Å². The first-order valence-corrected chi connectivity index (χ1v) is 13.2. The molecule has 0 saturated heterocycles. The maximum absolute atomic E-state index is 13.8. The minimum absolute atomic E-state index is 0.173. The van der Waals surface area contributed by atoms with E-state index in [1.807, 2.05) is 31.2 Å². The van der Waals surface area contributed by atoms with Crippen LogP contribution in [0.4, 0.5) is 0 Å². The van der Waals surface area contributed by atoms with Gasteiger partial charge in [-0.3, -0.25) is 9.36 Å². The molecule has 0 fully saturated rings. The summed E-state index contributed by atoms with van der Waals surface area (Å²) in [5, 5.41) is 9.16. The van der Waals surface area contributed by atoms with Crippen molar-refractivity contribution in [1.82, 2.24) is 4.57 Å². The number of aromatic nitrogens is 1. The van der Waals surface area contributed by atoms with Gasteiger partial charge in [-0.05, 0) is 54.2 Å². The number of benzene rings is 2. The van der Waals surface area contributed by atoms with E-state index in [9.17, 15) is 14.4 Å². The summed E-state index contributed by atoms with van der Waals surface area (Å²) in [6.45, 7) is 8.23. The fourth-order valence-electron chi connectivity index (χ4n) is 4.37. The lowest BCUT2D eigenvalue weighted by atomic mass is 9.92. The minimum atomic E-state index is -1.01. The van der Waals surface area contributed by atoms with Gasteiger partial charge >= 0.3 is 11.9 Å². The van der Waals surface area contributed by atoms with E-state index in [4.69, 9.17) is 14.8 Å².